The van der Waals surface area contributed by atoms with E-state index in [-0.39, 0.29) is 6.61 Å². The molecule has 0 radical (unpaired) electrons. The van der Waals surface area contributed by atoms with Gasteiger partial charge < -0.3 is 13.8 Å². The summed E-state index contributed by atoms with van der Waals surface area (Å²) in [6, 6.07) is 16.5. The summed E-state index contributed by atoms with van der Waals surface area (Å²) >= 11 is 0. The molecule has 0 saturated heterocycles. The first kappa shape index (κ1) is 15.1. The van der Waals surface area contributed by atoms with Crippen LogP contribution in [0.5, 0.6) is 0 Å². The number of aryl methyl sites for hydroxylation is 1. The lowest BCUT2D eigenvalue weighted by Crippen LogP contribution is -2.04. The van der Waals surface area contributed by atoms with Gasteiger partial charge >= 0.3 is 5.97 Å². The molecule has 2 aromatic heterocycles. The maximum Gasteiger partial charge on any atom is 0.338 e. The van der Waals surface area contributed by atoms with Gasteiger partial charge in [-0.25, -0.2) is 4.79 Å². The molecule has 124 valence electrons. The van der Waals surface area contributed by atoms with E-state index in [2.05, 4.69) is 10.3 Å². The number of rotatable bonds is 4. The molecular weight excluding hydrogens is 320 g/mol. The monoisotopic (exact) mass is 334 g/mol. The fourth-order valence-corrected chi connectivity index (χ4v) is 2.57. The van der Waals surface area contributed by atoms with E-state index in [1.54, 1.807) is 31.2 Å². The molecule has 0 spiro atoms. The maximum absolute atomic E-state index is 12.3. The topological polar surface area (TPSA) is 78.4 Å². The lowest BCUT2D eigenvalue weighted by atomic mass is 10.1. The van der Waals surface area contributed by atoms with Gasteiger partial charge in [0.25, 0.3) is 0 Å². The van der Waals surface area contributed by atoms with Crippen molar-refractivity contribution in [2.75, 3.05) is 0 Å². The highest BCUT2D eigenvalue weighted by Crippen LogP contribution is 2.29. The highest BCUT2D eigenvalue weighted by Gasteiger charge is 2.15. The lowest BCUT2D eigenvalue weighted by molar-refractivity contribution is 0.0437. The number of ether oxygens (including phenoxy) is 1. The van der Waals surface area contributed by atoms with Gasteiger partial charge in [0.1, 0.15) is 5.52 Å². The number of benzene rings is 2. The molecule has 0 aliphatic heterocycles. The molecule has 2 heterocycles. The Morgan fingerprint density at radius 3 is 2.64 bits per heavy atom. The van der Waals surface area contributed by atoms with E-state index in [1.807, 2.05) is 30.3 Å². The fraction of sp³-hybridized carbons (Fsp3) is 0.105. The maximum atomic E-state index is 12.3. The van der Waals surface area contributed by atoms with Crippen LogP contribution in [0.3, 0.4) is 0 Å². The Morgan fingerprint density at radius 1 is 1.04 bits per heavy atom. The molecule has 0 saturated carbocycles. The second kappa shape index (κ2) is 6.24. The van der Waals surface area contributed by atoms with Crippen LogP contribution in [0, 0.1) is 6.92 Å². The Kier molecular flexibility index (Phi) is 3.78. The Balaban J connectivity index is 1.61. The van der Waals surface area contributed by atoms with Crippen molar-refractivity contribution in [1.29, 1.82) is 0 Å². The average molecular weight is 334 g/mol. The molecule has 0 fully saturated rings. The van der Waals surface area contributed by atoms with Gasteiger partial charge in [0.05, 0.1) is 16.6 Å². The first-order valence-corrected chi connectivity index (χ1v) is 7.75. The summed E-state index contributed by atoms with van der Waals surface area (Å²) < 4.78 is 15.8. The van der Waals surface area contributed by atoms with Crippen molar-refractivity contribution in [3.8, 4) is 11.3 Å². The lowest BCUT2D eigenvalue weighted by Gasteiger charge is -2.03. The molecule has 0 amide bonds. The Hall–Kier alpha value is -3.41. The van der Waals surface area contributed by atoms with Gasteiger partial charge in [0, 0.05) is 11.6 Å². The first-order valence-electron chi connectivity index (χ1n) is 7.75. The smallest absolute Gasteiger partial charge is 0.338 e. The SMILES string of the molecule is Cc1cc(COC(=O)c2ccc3noc(-c4ccccc4)c3c2)on1. The molecule has 0 aliphatic carbocycles. The molecule has 6 heteroatoms. The average Bonchev–Trinajstić information content (AvgIpc) is 3.26. The molecule has 4 rings (SSSR count). The van der Waals surface area contributed by atoms with Crippen LogP contribution in [-0.4, -0.2) is 16.3 Å². The van der Waals surface area contributed by atoms with Gasteiger partial charge in [-0.2, -0.15) is 0 Å². The highest BCUT2D eigenvalue weighted by atomic mass is 16.5. The van der Waals surface area contributed by atoms with Crippen molar-refractivity contribution < 1.29 is 18.6 Å². The number of hydrogen-bond donors (Lipinski definition) is 0. The number of nitrogens with zero attached hydrogens (tertiary/aromatic N) is 2. The third-order valence-corrected chi connectivity index (χ3v) is 3.77. The van der Waals surface area contributed by atoms with E-state index in [9.17, 15) is 4.79 Å². The number of carbonyl (C=O) groups is 1. The van der Waals surface area contributed by atoms with Crippen molar-refractivity contribution >= 4 is 16.9 Å². The van der Waals surface area contributed by atoms with E-state index in [4.69, 9.17) is 13.8 Å². The molecule has 4 aromatic rings. The number of carbonyl (C=O) groups excluding carboxylic acids is 1. The Morgan fingerprint density at radius 2 is 1.88 bits per heavy atom. The summed E-state index contributed by atoms with van der Waals surface area (Å²) in [5.74, 6) is 0.675. The van der Waals surface area contributed by atoms with Crippen molar-refractivity contribution in [3.05, 3.63) is 71.6 Å². The van der Waals surface area contributed by atoms with Gasteiger partial charge in [-0.1, -0.05) is 40.6 Å². The molecule has 0 aliphatic rings. The third kappa shape index (κ3) is 3.01. The van der Waals surface area contributed by atoms with Crippen LogP contribution in [-0.2, 0) is 11.3 Å². The van der Waals surface area contributed by atoms with Crippen LogP contribution < -0.4 is 0 Å². The summed E-state index contributed by atoms with van der Waals surface area (Å²) in [4.78, 5) is 12.3. The zero-order valence-electron chi connectivity index (χ0n) is 13.4. The molecule has 25 heavy (non-hydrogen) atoms. The number of fused-ring (bicyclic) bond motifs is 1. The molecule has 0 N–H and O–H groups in total. The van der Waals surface area contributed by atoms with Crippen molar-refractivity contribution in [3.63, 3.8) is 0 Å². The first-order chi connectivity index (χ1) is 12.2. The summed E-state index contributed by atoms with van der Waals surface area (Å²) in [6.45, 7) is 1.84. The Labute approximate surface area is 143 Å². The third-order valence-electron chi connectivity index (χ3n) is 3.77. The number of hydrogen-bond acceptors (Lipinski definition) is 6. The van der Waals surface area contributed by atoms with Gasteiger partial charge in [-0.05, 0) is 25.1 Å². The fourth-order valence-electron chi connectivity index (χ4n) is 2.57. The summed E-state index contributed by atoms with van der Waals surface area (Å²) in [5.41, 5.74) is 2.74. The predicted molar refractivity (Wildman–Crippen MR) is 89.8 cm³/mol. The van der Waals surface area contributed by atoms with E-state index < -0.39 is 5.97 Å². The summed E-state index contributed by atoms with van der Waals surface area (Å²) in [7, 11) is 0. The largest absolute Gasteiger partial charge is 0.454 e. The quantitative estimate of drug-likeness (QED) is 0.522. The molecule has 0 atom stereocenters. The van der Waals surface area contributed by atoms with Crippen LogP contribution in [0.25, 0.3) is 22.2 Å². The molecule has 0 unspecified atom stereocenters. The number of aromatic nitrogens is 2. The summed E-state index contributed by atoms with van der Waals surface area (Å²) in [6.07, 6.45) is 0. The van der Waals surface area contributed by atoms with Crippen molar-refractivity contribution in [2.24, 2.45) is 0 Å². The highest BCUT2D eigenvalue weighted by molar-refractivity contribution is 5.98. The zero-order chi connectivity index (χ0) is 17.2. The van der Waals surface area contributed by atoms with E-state index >= 15 is 0 Å². The molecule has 6 nitrogen and oxygen atoms in total. The number of esters is 1. The second-order valence-corrected chi connectivity index (χ2v) is 5.62. The van der Waals surface area contributed by atoms with Crippen molar-refractivity contribution in [1.82, 2.24) is 10.3 Å². The summed E-state index contributed by atoms with van der Waals surface area (Å²) in [5, 5.41) is 8.56. The van der Waals surface area contributed by atoms with E-state index in [1.165, 1.54) is 0 Å². The minimum atomic E-state index is -0.448. The van der Waals surface area contributed by atoms with Crippen LogP contribution in [0.1, 0.15) is 21.8 Å². The van der Waals surface area contributed by atoms with Crippen LogP contribution in [0.15, 0.2) is 63.6 Å². The van der Waals surface area contributed by atoms with E-state index in [0.717, 1.165) is 16.6 Å². The van der Waals surface area contributed by atoms with Gasteiger partial charge in [-0.3, -0.25) is 0 Å². The standard InChI is InChI=1S/C19H14N2O4/c1-12-9-15(24-20-12)11-23-19(22)14-7-8-17-16(10-14)18(25-21-17)13-5-3-2-4-6-13/h2-10H,11H2,1H3. The van der Waals surface area contributed by atoms with Gasteiger partial charge in [0.15, 0.2) is 18.1 Å². The normalized spacial score (nSPS) is 10.9. The molecular formula is C19H14N2O4. The minimum Gasteiger partial charge on any atom is -0.454 e. The van der Waals surface area contributed by atoms with Crippen LogP contribution in [0.4, 0.5) is 0 Å². The second-order valence-electron chi connectivity index (χ2n) is 5.62. The zero-order valence-corrected chi connectivity index (χ0v) is 13.4. The van der Waals surface area contributed by atoms with Crippen molar-refractivity contribution in [2.45, 2.75) is 13.5 Å². The van der Waals surface area contributed by atoms with Crippen LogP contribution in [0.2, 0.25) is 0 Å². The van der Waals surface area contributed by atoms with Crippen LogP contribution >= 0.6 is 0 Å². The molecule has 0 bridgehead atoms. The Bertz CT molecular complexity index is 1030. The molecule has 2 aromatic carbocycles. The minimum absolute atomic E-state index is 0.0346. The predicted octanol–water partition coefficient (Wildman–Crippen LogP) is 4.15. The van der Waals surface area contributed by atoms with Gasteiger partial charge in [0.2, 0.25) is 0 Å². The van der Waals surface area contributed by atoms with Gasteiger partial charge in [-0.15, -0.1) is 0 Å². The van der Waals surface area contributed by atoms with E-state index in [0.29, 0.717) is 22.6 Å².